The Morgan fingerprint density at radius 2 is 2.22 bits per heavy atom. The van der Waals surface area contributed by atoms with Crippen LogP contribution in [0, 0.1) is 0 Å². The van der Waals surface area contributed by atoms with Crippen LogP contribution in [0.4, 0.5) is 0 Å². The summed E-state index contributed by atoms with van der Waals surface area (Å²) >= 11 is 0. The third-order valence-electron chi connectivity index (χ3n) is 3.16. The number of methoxy groups -OCH3 is 1. The average Bonchev–Trinajstić information content (AvgIpc) is 3.13. The lowest BCUT2D eigenvalue weighted by Gasteiger charge is -2.05. The van der Waals surface area contributed by atoms with Crippen molar-refractivity contribution in [2.75, 3.05) is 7.11 Å². The largest absolute Gasteiger partial charge is 0.496 e. The Bertz CT molecular complexity index is 531. The fourth-order valence-corrected chi connectivity index (χ4v) is 1.98. The molecule has 3 rings (SSSR count). The van der Waals surface area contributed by atoms with E-state index in [-0.39, 0.29) is 0 Å². The van der Waals surface area contributed by atoms with E-state index >= 15 is 0 Å². The Morgan fingerprint density at radius 3 is 3.00 bits per heavy atom. The molecule has 0 amide bonds. The third kappa shape index (κ3) is 2.38. The zero-order chi connectivity index (χ0) is 12.4. The highest BCUT2D eigenvalue weighted by molar-refractivity contribution is 5.66. The number of hydrogen-bond acceptors (Lipinski definition) is 3. The Balaban J connectivity index is 1.78. The molecule has 0 atom stereocenters. The fourth-order valence-electron chi connectivity index (χ4n) is 1.98. The van der Waals surface area contributed by atoms with Gasteiger partial charge in [-0.1, -0.05) is 12.1 Å². The van der Waals surface area contributed by atoms with E-state index in [9.17, 15) is 0 Å². The van der Waals surface area contributed by atoms with Crippen LogP contribution in [-0.2, 0) is 6.54 Å². The molecule has 94 valence electrons. The van der Waals surface area contributed by atoms with E-state index in [4.69, 9.17) is 4.74 Å². The van der Waals surface area contributed by atoms with Gasteiger partial charge in [0.25, 0.3) is 0 Å². The maximum atomic E-state index is 5.35. The van der Waals surface area contributed by atoms with Crippen LogP contribution in [0.25, 0.3) is 11.3 Å². The van der Waals surface area contributed by atoms with Crippen LogP contribution in [0.3, 0.4) is 0 Å². The molecule has 0 aliphatic heterocycles. The highest BCUT2D eigenvalue weighted by Gasteiger charge is 2.20. The number of aromatic nitrogens is 2. The molecule has 1 saturated carbocycles. The maximum Gasteiger partial charge on any atom is 0.128 e. The third-order valence-corrected chi connectivity index (χ3v) is 3.16. The van der Waals surface area contributed by atoms with Gasteiger partial charge in [-0.05, 0) is 25.0 Å². The second-order valence-corrected chi connectivity index (χ2v) is 4.60. The van der Waals surface area contributed by atoms with Gasteiger partial charge in [-0.15, -0.1) is 0 Å². The van der Waals surface area contributed by atoms with Crippen molar-refractivity contribution in [1.82, 2.24) is 15.3 Å². The van der Waals surface area contributed by atoms with Gasteiger partial charge in [-0.3, -0.25) is 0 Å². The fraction of sp³-hybridized carbons (Fsp3) is 0.357. The number of H-pyrrole nitrogens is 1. The second kappa shape index (κ2) is 4.82. The Labute approximate surface area is 106 Å². The number of benzene rings is 1. The van der Waals surface area contributed by atoms with Crippen LogP contribution in [0.2, 0.25) is 0 Å². The van der Waals surface area contributed by atoms with Crippen molar-refractivity contribution in [1.29, 1.82) is 0 Å². The van der Waals surface area contributed by atoms with E-state index in [2.05, 4.69) is 15.3 Å². The van der Waals surface area contributed by atoms with Crippen molar-refractivity contribution >= 4 is 0 Å². The summed E-state index contributed by atoms with van der Waals surface area (Å²) in [6, 6.07) is 8.66. The van der Waals surface area contributed by atoms with E-state index in [0.29, 0.717) is 6.04 Å². The van der Waals surface area contributed by atoms with Gasteiger partial charge in [0, 0.05) is 11.6 Å². The van der Waals surface area contributed by atoms with Gasteiger partial charge in [0.2, 0.25) is 0 Å². The molecule has 18 heavy (non-hydrogen) atoms. The van der Waals surface area contributed by atoms with Crippen molar-refractivity contribution < 1.29 is 4.74 Å². The molecular formula is C14H17N3O. The Hall–Kier alpha value is -1.81. The van der Waals surface area contributed by atoms with Gasteiger partial charge in [0.1, 0.15) is 11.6 Å². The molecule has 0 spiro atoms. The number of nitrogens with one attached hydrogen (secondary N) is 2. The second-order valence-electron chi connectivity index (χ2n) is 4.60. The van der Waals surface area contributed by atoms with Crippen LogP contribution in [0.5, 0.6) is 5.75 Å². The van der Waals surface area contributed by atoms with Crippen LogP contribution < -0.4 is 10.1 Å². The first-order valence-electron chi connectivity index (χ1n) is 6.27. The molecule has 0 saturated heterocycles. The van der Waals surface area contributed by atoms with E-state index in [1.165, 1.54) is 12.8 Å². The van der Waals surface area contributed by atoms with Crippen molar-refractivity contribution in [3.05, 3.63) is 36.3 Å². The highest BCUT2D eigenvalue weighted by atomic mass is 16.5. The minimum atomic E-state index is 0.699. The van der Waals surface area contributed by atoms with Crippen LogP contribution >= 0.6 is 0 Å². The van der Waals surface area contributed by atoms with Gasteiger partial charge in [0.15, 0.2) is 0 Å². The van der Waals surface area contributed by atoms with Crippen LogP contribution in [0.15, 0.2) is 30.5 Å². The first kappa shape index (κ1) is 11.3. The van der Waals surface area contributed by atoms with Gasteiger partial charge in [0.05, 0.1) is 25.5 Å². The predicted molar refractivity (Wildman–Crippen MR) is 70.4 cm³/mol. The molecule has 0 bridgehead atoms. The van der Waals surface area contributed by atoms with Crippen molar-refractivity contribution in [2.45, 2.75) is 25.4 Å². The molecular weight excluding hydrogens is 226 g/mol. The number of nitrogens with zero attached hydrogens (tertiary/aromatic N) is 1. The molecule has 2 aromatic rings. The topological polar surface area (TPSA) is 49.9 Å². The lowest BCUT2D eigenvalue weighted by atomic mass is 10.1. The number of ether oxygens (including phenoxy) is 1. The highest BCUT2D eigenvalue weighted by Crippen LogP contribution is 2.28. The lowest BCUT2D eigenvalue weighted by molar-refractivity contribution is 0.416. The van der Waals surface area contributed by atoms with Crippen molar-refractivity contribution in [3.8, 4) is 17.0 Å². The molecule has 1 aliphatic rings. The quantitative estimate of drug-likeness (QED) is 0.847. The summed E-state index contributed by atoms with van der Waals surface area (Å²) in [5, 5.41) is 3.44. The molecule has 1 aromatic carbocycles. The Kier molecular flexibility index (Phi) is 3.02. The lowest BCUT2D eigenvalue weighted by Crippen LogP contribution is -2.16. The van der Waals surface area contributed by atoms with Crippen molar-refractivity contribution in [2.24, 2.45) is 0 Å². The Morgan fingerprint density at radius 1 is 1.39 bits per heavy atom. The summed E-state index contributed by atoms with van der Waals surface area (Å²) in [5.41, 5.74) is 2.05. The van der Waals surface area contributed by atoms with E-state index in [0.717, 1.165) is 29.4 Å². The normalized spacial score (nSPS) is 14.7. The molecule has 1 aromatic heterocycles. The van der Waals surface area contributed by atoms with Gasteiger partial charge < -0.3 is 15.0 Å². The maximum absolute atomic E-state index is 5.35. The number of aromatic amines is 1. The molecule has 1 heterocycles. The number of rotatable bonds is 5. The summed E-state index contributed by atoms with van der Waals surface area (Å²) in [4.78, 5) is 7.73. The standard InChI is InChI=1S/C14H17N3O/c1-18-13-5-3-2-4-11(13)12-8-16-14(17-12)9-15-10-6-7-10/h2-5,8,10,15H,6-7,9H2,1H3,(H,16,17). The monoisotopic (exact) mass is 243 g/mol. The summed E-state index contributed by atoms with van der Waals surface area (Å²) in [6.07, 6.45) is 4.45. The molecule has 2 N–H and O–H groups in total. The molecule has 4 nitrogen and oxygen atoms in total. The summed E-state index contributed by atoms with van der Waals surface area (Å²) < 4.78 is 5.35. The number of imidazole rings is 1. The summed E-state index contributed by atoms with van der Waals surface area (Å²) in [7, 11) is 1.69. The first-order chi connectivity index (χ1) is 8.86. The molecule has 4 heteroatoms. The molecule has 1 fully saturated rings. The molecule has 1 aliphatic carbocycles. The minimum absolute atomic E-state index is 0.699. The minimum Gasteiger partial charge on any atom is -0.496 e. The molecule has 0 unspecified atom stereocenters. The zero-order valence-electron chi connectivity index (χ0n) is 10.4. The van der Waals surface area contributed by atoms with Gasteiger partial charge in [-0.2, -0.15) is 0 Å². The van der Waals surface area contributed by atoms with Crippen molar-refractivity contribution in [3.63, 3.8) is 0 Å². The summed E-state index contributed by atoms with van der Waals surface area (Å²) in [5.74, 6) is 1.84. The van der Waals surface area contributed by atoms with E-state index in [1.54, 1.807) is 7.11 Å². The van der Waals surface area contributed by atoms with E-state index in [1.807, 2.05) is 30.5 Å². The SMILES string of the molecule is COc1ccccc1-c1cnc(CNC2CC2)[nH]1. The van der Waals surface area contributed by atoms with Crippen LogP contribution in [-0.4, -0.2) is 23.1 Å². The number of hydrogen-bond donors (Lipinski definition) is 2. The van der Waals surface area contributed by atoms with Crippen LogP contribution in [0.1, 0.15) is 18.7 Å². The van der Waals surface area contributed by atoms with Gasteiger partial charge >= 0.3 is 0 Å². The smallest absolute Gasteiger partial charge is 0.128 e. The number of para-hydroxylation sites is 1. The van der Waals surface area contributed by atoms with E-state index < -0.39 is 0 Å². The average molecular weight is 243 g/mol. The predicted octanol–water partition coefficient (Wildman–Crippen LogP) is 2.34. The first-order valence-corrected chi connectivity index (χ1v) is 6.27. The van der Waals surface area contributed by atoms with Gasteiger partial charge in [-0.25, -0.2) is 4.98 Å². The zero-order valence-corrected chi connectivity index (χ0v) is 10.4. The molecule has 0 radical (unpaired) electrons. The summed E-state index contributed by atoms with van der Waals surface area (Å²) in [6.45, 7) is 0.805.